The van der Waals surface area contributed by atoms with Gasteiger partial charge < -0.3 is 20.3 Å². The van der Waals surface area contributed by atoms with Crippen LogP contribution in [-0.4, -0.2) is 30.6 Å². The summed E-state index contributed by atoms with van der Waals surface area (Å²) in [6.45, 7) is 5.27. The van der Waals surface area contributed by atoms with E-state index in [2.05, 4.69) is 0 Å². The lowest BCUT2D eigenvalue weighted by Gasteiger charge is -2.44. The Bertz CT molecular complexity index is 1360. The molecule has 2 aliphatic rings. The summed E-state index contributed by atoms with van der Waals surface area (Å²) in [5.41, 5.74) is 5.42. The Morgan fingerprint density at radius 3 is 2.50 bits per heavy atom. The summed E-state index contributed by atoms with van der Waals surface area (Å²) in [6.07, 6.45) is -4.39. The van der Waals surface area contributed by atoms with Crippen LogP contribution in [0.5, 0.6) is 11.5 Å². The number of carbonyl (C=O) groups excluding carboxylic acids is 2. The molecule has 0 unspecified atom stereocenters. The molecule has 0 radical (unpaired) electrons. The quantitative estimate of drug-likeness (QED) is 0.499. The number of phenolic OH excluding ortho intramolecular Hbond substituents is 1. The molecule has 4 rings (SSSR count). The highest BCUT2D eigenvalue weighted by Gasteiger charge is 2.48. The maximum absolute atomic E-state index is 14.1. The molecule has 0 aromatic heterocycles. The molecule has 202 valence electrons. The van der Waals surface area contributed by atoms with Crippen molar-refractivity contribution in [3.8, 4) is 11.5 Å². The molecule has 1 aliphatic carbocycles. The van der Waals surface area contributed by atoms with Crippen LogP contribution in [0.4, 0.5) is 18.9 Å². The second-order valence-electron chi connectivity index (χ2n) is 10.0. The standard InChI is InChI=1S/C28H29F3N2O5/c1-5-38-26(36)24-22(15-10-11-19(34)21(12-15)37-4)23-18(13-27(2,3)14-20(23)35)33(25(24)32)17-9-7-6-8-16(17)28(29,30)31/h6-12,22,34H,5,13-14,32H2,1-4H3/t22-/m0/s1. The van der Waals surface area contributed by atoms with E-state index in [1.165, 1.54) is 48.4 Å². The minimum atomic E-state index is -4.73. The number of phenols is 1. The second kappa shape index (κ2) is 9.74. The molecular weight excluding hydrogens is 501 g/mol. The molecule has 0 saturated heterocycles. The summed E-state index contributed by atoms with van der Waals surface area (Å²) in [4.78, 5) is 28.3. The van der Waals surface area contributed by atoms with Crippen molar-refractivity contribution in [2.45, 2.75) is 45.7 Å². The number of esters is 1. The minimum absolute atomic E-state index is 0.0206. The van der Waals surface area contributed by atoms with Crippen LogP contribution in [0.3, 0.4) is 0 Å². The molecule has 1 aliphatic heterocycles. The summed E-state index contributed by atoms with van der Waals surface area (Å²) in [6, 6.07) is 9.25. The first-order valence-corrected chi connectivity index (χ1v) is 12.1. The Morgan fingerprint density at radius 2 is 1.87 bits per heavy atom. The number of nitrogens with two attached hydrogens (primary N) is 1. The molecule has 0 amide bonds. The molecule has 2 aromatic carbocycles. The average Bonchev–Trinajstić information content (AvgIpc) is 2.82. The van der Waals surface area contributed by atoms with Gasteiger partial charge in [0.25, 0.3) is 0 Å². The van der Waals surface area contributed by atoms with Gasteiger partial charge in [-0.3, -0.25) is 9.69 Å². The summed E-state index contributed by atoms with van der Waals surface area (Å²) >= 11 is 0. The summed E-state index contributed by atoms with van der Waals surface area (Å²) in [7, 11) is 1.35. The third-order valence-corrected chi connectivity index (χ3v) is 6.74. The first-order valence-electron chi connectivity index (χ1n) is 12.1. The number of methoxy groups -OCH3 is 1. The van der Waals surface area contributed by atoms with Crippen molar-refractivity contribution in [3.05, 3.63) is 76.3 Å². The molecule has 0 bridgehead atoms. The lowest BCUT2D eigenvalue weighted by atomic mass is 9.68. The maximum Gasteiger partial charge on any atom is 0.418 e. The van der Waals surface area contributed by atoms with Crippen LogP contribution in [0, 0.1) is 5.41 Å². The Morgan fingerprint density at radius 1 is 1.18 bits per heavy atom. The number of aromatic hydroxyl groups is 1. The molecule has 3 N–H and O–H groups in total. The number of ether oxygens (including phenoxy) is 2. The number of carbonyl (C=O) groups is 2. The van der Waals surface area contributed by atoms with Gasteiger partial charge in [0.2, 0.25) is 0 Å². The van der Waals surface area contributed by atoms with Crippen LogP contribution >= 0.6 is 0 Å². The Balaban J connectivity index is 2.09. The van der Waals surface area contributed by atoms with Crippen molar-refractivity contribution in [1.82, 2.24) is 0 Å². The third kappa shape index (κ3) is 4.70. The molecule has 7 nitrogen and oxygen atoms in total. The number of ketones is 1. The fourth-order valence-electron chi connectivity index (χ4n) is 5.21. The van der Waals surface area contributed by atoms with Crippen LogP contribution in [0.2, 0.25) is 0 Å². The predicted octanol–water partition coefficient (Wildman–Crippen LogP) is 5.40. The van der Waals surface area contributed by atoms with Gasteiger partial charge >= 0.3 is 12.1 Å². The van der Waals surface area contributed by atoms with Crippen LogP contribution in [0.25, 0.3) is 0 Å². The van der Waals surface area contributed by atoms with E-state index in [1.807, 2.05) is 13.8 Å². The molecule has 2 aromatic rings. The number of rotatable bonds is 5. The highest BCUT2D eigenvalue weighted by molar-refractivity contribution is 6.05. The second-order valence-corrected chi connectivity index (χ2v) is 10.0. The fraction of sp³-hybridized carbons (Fsp3) is 0.357. The number of alkyl halides is 3. The zero-order valence-electron chi connectivity index (χ0n) is 21.5. The number of hydrogen-bond acceptors (Lipinski definition) is 7. The van der Waals surface area contributed by atoms with Crippen molar-refractivity contribution < 1.29 is 37.3 Å². The Hall–Kier alpha value is -3.95. The Kier molecular flexibility index (Phi) is 6.94. The highest BCUT2D eigenvalue weighted by Crippen LogP contribution is 2.52. The first kappa shape index (κ1) is 27.1. The van der Waals surface area contributed by atoms with Gasteiger partial charge in [-0.05, 0) is 48.6 Å². The monoisotopic (exact) mass is 530 g/mol. The minimum Gasteiger partial charge on any atom is -0.504 e. The highest BCUT2D eigenvalue weighted by atomic mass is 19.4. The molecule has 0 spiro atoms. The zero-order chi connectivity index (χ0) is 28.0. The topological polar surface area (TPSA) is 102 Å². The molecular formula is C28H29F3N2O5. The lowest BCUT2D eigenvalue weighted by Crippen LogP contribution is -2.44. The maximum atomic E-state index is 14.1. The summed E-state index contributed by atoms with van der Waals surface area (Å²) in [5, 5.41) is 10.1. The number of halogens is 3. The van der Waals surface area contributed by atoms with Gasteiger partial charge in [-0.1, -0.05) is 32.0 Å². The van der Waals surface area contributed by atoms with Crippen LogP contribution < -0.4 is 15.4 Å². The van der Waals surface area contributed by atoms with Crippen molar-refractivity contribution in [2.75, 3.05) is 18.6 Å². The lowest BCUT2D eigenvalue weighted by molar-refractivity contribution is -0.139. The molecule has 10 heteroatoms. The smallest absolute Gasteiger partial charge is 0.418 e. The molecule has 1 heterocycles. The van der Waals surface area contributed by atoms with Crippen LogP contribution in [-0.2, 0) is 20.5 Å². The average molecular weight is 531 g/mol. The van der Waals surface area contributed by atoms with Crippen molar-refractivity contribution in [3.63, 3.8) is 0 Å². The van der Waals surface area contributed by atoms with E-state index in [4.69, 9.17) is 15.2 Å². The van der Waals surface area contributed by atoms with E-state index in [9.17, 15) is 27.9 Å². The SMILES string of the molecule is CCOC(=O)C1=C(N)N(c2ccccc2C(F)(F)F)C2=C(C(=O)CC(C)(C)C2)[C@@H]1c1ccc(O)c(OC)c1. The number of allylic oxidation sites excluding steroid dienone is 2. The molecule has 1 atom stereocenters. The fourth-order valence-corrected chi connectivity index (χ4v) is 5.21. The van der Waals surface area contributed by atoms with Gasteiger partial charge in [0.15, 0.2) is 17.3 Å². The number of para-hydroxylation sites is 1. The van der Waals surface area contributed by atoms with Crippen LogP contribution in [0.1, 0.15) is 50.7 Å². The van der Waals surface area contributed by atoms with Crippen molar-refractivity contribution in [2.24, 2.45) is 11.1 Å². The number of anilines is 1. The van der Waals surface area contributed by atoms with Gasteiger partial charge in [0.05, 0.1) is 36.5 Å². The van der Waals surface area contributed by atoms with Crippen LogP contribution in [0.15, 0.2) is 65.1 Å². The Labute approximate surface area is 218 Å². The molecule has 0 saturated carbocycles. The number of benzene rings is 2. The number of Topliss-reactive ketones (excluding diaryl/α,β-unsaturated/α-hetero) is 1. The van der Waals surface area contributed by atoms with E-state index >= 15 is 0 Å². The van der Waals surface area contributed by atoms with Gasteiger partial charge in [-0.25, -0.2) is 4.79 Å². The van der Waals surface area contributed by atoms with Gasteiger partial charge in [0, 0.05) is 17.7 Å². The summed E-state index contributed by atoms with van der Waals surface area (Å²) < 4.78 is 52.9. The van der Waals surface area contributed by atoms with E-state index in [1.54, 1.807) is 6.92 Å². The third-order valence-electron chi connectivity index (χ3n) is 6.74. The van der Waals surface area contributed by atoms with E-state index in [-0.39, 0.29) is 65.1 Å². The predicted molar refractivity (Wildman–Crippen MR) is 134 cm³/mol. The number of hydrogen-bond donors (Lipinski definition) is 2. The van der Waals surface area contributed by atoms with Gasteiger partial charge in [0.1, 0.15) is 5.82 Å². The first-order chi connectivity index (χ1) is 17.8. The number of nitrogens with zero attached hydrogens (tertiary/aromatic N) is 1. The normalized spacial score (nSPS) is 19.4. The van der Waals surface area contributed by atoms with Crippen molar-refractivity contribution >= 4 is 17.4 Å². The van der Waals surface area contributed by atoms with Gasteiger partial charge in [-0.15, -0.1) is 0 Å². The van der Waals surface area contributed by atoms with E-state index < -0.39 is 29.0 Å². The summed E-state index contributed by atoms with van der Waals surface area (Å²) in [5.74, 6) is -2.55. The zero-order valence-corrected chi connectivity index (χ0v) is 21.5. The van der Waals surface area contributed by atoms with E-state index in [0.717, 1.165) is 6.07 Å². The van der Waals surface area contributed by atoms with E-state index in [0.29, 0.717) is 5.56 Å². The van der Waals surface area contributed by atoms with Crippen molar-refractivity contribution in [1.29, 1.82) is 0 Å². The molecule has 38 heavy (non-hydrogen) atoms. The largest absolute Gasteiger partial charge is 0.504 e. The molecule has 0 fully saturated rings. The van der Waals surface area contributed by atoms with Gasteiger partial charge in [-0.2, -0.15) is 13.2 Å².